The zero-order valence-corrected chi connectivity index (χ0v) is 16.7. The Morgan fingerprint density at radius 2 is 1.93 bits per heavy atom. The van der Waals surface area contributed by atoms with E-state index in [-0.39, 0.29) is 18.4 Å². The molecule has 1 atom stereocenters. The number of hydrogen-bond donors (Lipinski definition) is 1. The van der Waals surface area contributed by atoms with Crippen LogP contribution in [-0.4, -0.2) is 58.4 Å². The first-order valence-electron chi connectivity index (χ1n) is 9.78. The Bertz CT molecular complexity index is 846. The zero-order chi connectivity index (χ0) is 20.9. The topological polar surface area (TPSA) is 73.7 Å². The molecule has 3 rings (SSSR count). The molecule has 0 spiro atoms. The third-order valence-electron chi connectivity index (χ3n) is 5.70. The highest BCUT2D eigenvalue weighted by molar-refractivity contribution is 5.90. The summed E-state index contributed by atoms with van der Waals surface area (Å²) < 4.78 is 0. The first-order valence-corrected chi connectivity index (χ1v) is 9.78. The second-order valence-electron chi connectivity index (χ2n) is 7.47. The standard InChI is InChI=1S/C23H27N3O3/c1-3-21(28)26-14-11-23(12-15-26,19-9-5-4-6-10-19)22(29)25(2)17-20(27)18-8-7-13-24-16-18/h3-10,13,16,20,27H,1,11-12,14-15,17H2,2H3. The van der Waals surface area contributed by atoms with Gasteiger partial charge >= 0.3 is 0 Å². The summed E-state index contributed by atoms with van der Waals surface area (Å²) in [5.41, 5.74) is 0.897. The molecule has 1 aromatic heterocycles. The van der Waals surface area contributed by atoms with Gasteiger partial charge in [0.15, 0.2) is 0 Å². The van der Waals surface area contributed by atoms with Crippen LogP contribution in [0.5, 0.6) is 0 Å². The van der Waals surface area contributed by atoms with Crippen LogP contribution < -0.4 is 0 Å². The Hall–Kier alpha value is -2.99. The second kappa shape index (κ2) is 9.01. The number of pyridine rings is 1. The van der Waals surface area contributed by atoms with E-state index in [1.165, 1.54) is 6.08 Å². The SMILES string of the molecule is C=CC(=O)N1CCC(C(=O)N(C)CC(O)c2cccnc2)(c2ccccc2)CC1. The quantitative estimate of drug-likeness (QED) is 0.765. The Balaban J connectivity index is 1.82. The van der Waals surface area contributed by atoms with Crippen LogP contribution >= 0.6 is 0 Å². The first-order chi connectivity index (χ1) is 14.0. The van der Waals surface area contributed by atoms with Gasteiger partial charge in [0.1, 0.15) is 0 Å². The molecule has 1 aliphatic heterocycles. The van der Waals surface area contributed by atoms with Gasteiger partial charge in [-0.1, -0.05) is 43.0 Å². The average Bonchev–Trinajstić information content (AvgIpc) is 2.79. The number of piperidine rings is 1. The lowest BCUT2D eigenvalue weighted by molar-refractivity contribution is -0.141. The maximum Gasteiger partial charge on any atom is 0.245 e. The normalized spacial score (nSPS) is 16.7. The van der Waals surface area contributed by atoms with Crippen LogP contribution in [0.4, 0.5) is 0 Å². The lowest BCUT2D eigenvalue weighted by Gasteiger charge is -2.43. The van der Waals surface area contributed by atoms with Crippen LogP contribution in [0.25, 0.3) is 0 Å². The number of amides is 2. The molecule has 0 saturated carbocycles. The average molecular weight is 393 g/mol. The van der Waals surface area contributed by atoms with Crippen molar-refractivity contribution in [2.24, 2.45) is 0 Å². The molecule has 1 fully saturated rings. The Labute approximate surface area is 171 Å². The highest BCUT2D eigenvalue weighted by Gasteiger charge is 2.45. The summed E-state index contributed by atoms with van der Waals surface area (Å²) >= 11 is 0. The molecule has 2 heterocycles. The van der Waals surface area contributed by atoms with Crippen molar-refractivity contribution in [3.05, 3.63) is 78.6 Å². The summed E-state index contributed by atoms with van der Waals surface area (Å²) in [7, 11) is 1.72. The van der Waals surface area contributed by atoms with E-state index in [0.717, 1.165) is 5.56 Å². The summed E-state index contributed by atoms with van der Waals surface area (Å²) in [5.74, 6) is -0.156. The van der Waals surface area contributed by atoms with Crippen molar-refractivity contribution < 1.29 is 14.7 Å². The molecule has 2 amide bonds. The zero-order valence-electron chi connectivity index (χ0n) is 16.7. The number of carbonyl (C=O) groups is 2. The molecule has 0 radical (unpaired) electrons. The van der Waals surface area contributed by atoms with Crippen molar-refractivity contribution in [3.63, 3.8) is 0 Å². The lowest BCUT2D eigenvalue weighted by atomic mass is 9.71. The Morgan fingerprint density at radius 1 is 1.24 bits per heavy atom. The minimum Gasteiger partial charge on any atom is -0.386 e. The van der Waals surface area contributed by atoms with E-state index in [1.807, 2.05) is 30.3 Å². The van der Waals surface area contributed by atoms with E-state index >= 15 is 0 Å². The molecule has 1 N–H and O–H groups in total. The fourth-order valence-corrected chi connectivity index (χ4v) is 4.01. The molecular weight excluding hydrogens is 366 g/mol. The maximum atomic E-state index is 13.6. The van der Waals surface area contributed by atoms with Crippen molar-refractivity contribution in [1.82, 2.24) is 14.8 Å². The van der Waals surface area contributed by atoms with E-state index in [1.54, 1.807) is 41.4 Å². The van der Waals surface area contributed by atoms with Crippen molar-refractivity contribution in [2.75, 3.05) is 26.7 Å². The van der Waals surface area contributed by atoms with Gasteiger partial charge in [0.2, 0.25) is 11.8 Å². The minimum atomic E-state index is -0.812. The van der Waals surface area contributed by atoms with Crippen LogP contribution in [0.3, 0.4) is 0 Å². The van der Waals surface area contributed by atoms with Gasteiger partial charge < -0.3 is 14.9 Å². The number of likely N-dealkylation sites (N-methyl/N-ethyl adjacent to an activating group) is 1. The number of likely N-dealkylation sites (tertiary alicyclic amines) is 1. The van der Waals surface area contributed by atoms with Crippen molar-refractivity contribution >= 4 is 11.8 Å². The number of hydrogen-bond acceptors (Lipinski definition) is 4. The van der Waals surface area contributed by atoms with Gasteiger partial charge in [-0.3, -0.25) is 14.6 Å². The third kappa shape index (κ3) is 4.38. The van der Waals surface area contributed by atoms with Gasteiger partial charge in [-0.05, 0) is 30.5 Å². The predicted molar refractivity (Wildman–Crippen MR) is 111 cm³/mol. The largest absolute Gasteiger partial charge is 0.386 e. The van der Waals surface area contributed by atoms with E-state index in [2.05, 4.69) is 11.6 Å². The highest BCUT2D eigenvalue weighted by atomic mass is 16.3. The minimum absolute atomic E-state index is 0.0441. The number of nitrogens with zero attached hydrogens (tertiary/aromatic N) is 3. The molecule has 6 nitrogen and oxygen atoms in total. The fraction of sp³-hybridized carbons (Fsp3) is 0.348. The first kappa shape index (κ1) is 20.7. The summed E-state index contributed by atoms with van der Waals surface area (Å²) in [6.07, 6.45) is 4.82. The number of rotatable bonds is 6. The number of benzene rings is 1. The smallest absolute Gasteiger partial charge is 0.245 e. The molecular formula is C23H27N3O3. The van der Waals surface area contributed by atoms with Gasteiger partial charge in [0, 0.05) is 38.1 Å². The maximum absolute atomic E-state index is 13.6. The van der Waals surface area contributed by atoms with E-state index in [9.17, 15) is 14.7 Å². The summed E-state index contributed by atoms with van der Waals surface area (Å²) in [6.45, 7) is 4.71. The van der Waals surface area contributed by atoms with Crippen LogP contribution in [0.1, 0.15) is 30.1 Å². The van der Waals surface area contributed by atoms with Crippen LogP contribution in [0.15, 0.2) is 67.5 Å². The molecule has 2 aromatic rings. The van der Waals surface area contributed by atoms with Crippen molar-refractivity contribution in [2.45, 2.75) is 24.4 Å². The number of aliphatic hydroxyl groups excluding tert-OH is 1. The number of aliphatic hydroxyl groups is 1. The summed E-state index contributed by atoms with van der Waals surface area (Å²) in [4.78, 5) is 33.0. The van der Waals surface area contributed by atoms with E-state index in [0.29, 0.717) is 31.5 Å². The molecule has 6 heteroatoms. The van der Waals surface area contributed by atoms with Gasteiger partial charge in [0.25, 0.3) is 0 Å². The summed E-state index contributed by atoms with van der Waals surface area (Å²) in [5, 5.41) is 10.5. The number of carbonyl (C=O) groups excluding carboxylic acids is 2. The highest BCUT2D eigenvalue weighted by Crippen LogP contribution is 2.37. The Kier molecular flexibility index (Phi) is 6.44. The number of aromatic nitrogens is 1. The molecule has 1 aromatic carbocycles. The van der Waals surface area contributed by atoms with Crippen molar-refractivity contribution in [1.29, 1.82) is 0 Å². The van der Waals surface area contributed by atoms with Gasteiger partial charge in [-0.15, -0.1) is 0 Å². The molecule has 1 saturated heterocycles. The molecule has 1 aliphatic rings. The lowest BCUT2D eigenvalue weighted by Crippen LogP contribution is -2.53. The molecule has 0 bridgehead atoms. The molecule has 152 valence electrons. The fourth-order valence-electron chi connectivity index (χ4n) is 4.01. The van der Waals surface area contributed by atoms with E-state index in [4.69, 9.17) is 0 Å². The van der Waals surface area contributed by atoms with E-state index < -0.39 is 11.5 Å². The molecule has 1 unspecified atom stereocenters. The molecule has 0 aliphatic carbocycles. The monoisotopic (exact) mass is 393 g/mol. The second-order valence-corrected chi connectivity index (χ2v) is 7.47. The predicted octanol–water partition coefficient (Wildman–Crippen LogP) is 2.32. The van der Waals surface area contributed by atoms with Gasteiger partial charge in [-0.2, -0.15) is 0 Å². The third-order valence-corrected chi connectivity index (χ3v) is 5.70. The molecule has 29 heavy (non-hydrogen) atoms. The Morgan fingerprint density at radius 3 is 2.52 bits per heavy atom. The summed E-state index contributed by atoms with van der Waals surface area (Å²) in [6, 6.07) is 13.3. The van der Waals surface area contributed by atoms with Crippen molar-refractivity contribution in [3.8, 4) is 0 Å². The van der Waals surface area contributed by atoms with Gasteiger partial charge in [0.05, 0.1) is 18.1 Å². The van der Waals surface area contributed by atoms with Crippen LogP contribution in [0.2, 0.25) is 0 Å². The van der Waals surface area contributed by atoms with Gasteiger partial charge in [-0.25, -0.2) is 0 Å². The van der Waals surface area contributed by atoms with Crippen LogP contribution in [0, 0.1) is 0 Å². The van der Waals surface area contributed by atoms with Crippen LogP contribution in [-0.2, 0) is 15.0 Å².